The van der Waals surface area contributed by atoms with Gasteiger partial charge in [-0.25, -0.2) is 0 Å². The van der Waals surface area contributed by atoms with Gasteiger partial charge in [-0.1, -0.05) is 48.0 Å². The van der Waals surface area contributed by atoms with Gasteiger partial charge in [0.15, 0.2) is 0 Å². The predicted octanol–water partition coefficient (Wildman–Crippen LogP) is 2.76. The molecule has 2 fully saturated rings. The van der Waals surface area contributed by atoms with Crippen molar-refractivity contribution in [1.29, 1.82) is 0 Å². The fourth-order valence-electron chi connectivity index (χ4n) is 1.71. The van der Waals surface area contributed by atoms with Crippen molar-refractivity contribution < 1.29 is 9.59 Å². The lowest BCUT2D eigenvalue weighted by Crippen LogP contribution is -2.45. The molecule has 0 bridgehead atoms. The van der Waals surface area contributed by atoms with Crippen molar-refractivity contribution in [2.75, 3.05) is 24.6 Å². The highest BCUT2D eigenvalue weighted by atomic mass is 32.2. The summed E-state index contributed by atoms with van der Waals surface area (Å²) in [5, 5.41) is -0.0384. The Morgan fingerprint density at radius 3 is 1.61 bits per heavy atom. The second kappa shape index (κ2) is 6.31. The number of hydrogen-bond donors (Lipinski definition) is 0. The number of rotatable bonds is 3. The van der Waals surface area contributed by atoms with E-state index in [4.69, 9.17) is 24.4 Å². The minimum absolute atomic E-state index is 0.0192. The summed E-state index contributed by atoms with van der Waals surface area (Å²) in [6, 6.07) is 0. The van der Waals surface area contributed by atoms with Gasteiger partial charge in [-0.15, -0.1) is 0 Å². The Morgan fingerprint density at radius 2 is 1.28 bits per heavy atom. The summed E-state index contributed by atoms with van der Waals surface area (Å²) < 4.78 is 0. The van der Waals surface area contributed by atoms with E-state index >= 15 is 0 Å². The highest BCUT2D eigenvalue weighted by Crippen LogP contribution is 2.22. The van der Waals surface area contributed by atoms with Gasteiger partial charge in [0.1, 0.15) is 0 Å². The summed E-state index contributed by atoms with van der Waals surface area (Å²) in [7, 11) is 0. The van der Waals surface area contributed by atoms with Gasteiger partial charge in [-0.3, -0.25) is 19.4 Å². The fraction of sp³-hybridized carbons (Fsp3) is 0.600. The van der Waals surface area contributed by atoms with Crippen molar-refractivity contribution in [1.82, 2.24) is 9.80 Å². The molecule has 0 aliphatic carbocycles. The zero-order valence-corrected chi connectivity index (χ0v) is 12.9. The molecule has 0 radical (unpaired) electrons. The van der Waals surface area contributed by atoms with Crippen LogP contribution < -0.4 is 0 Å². The summed E-state index contributed by atoms with van der Waals surface area (Å²) in [4.78, 5) is 27.9. The number of amides is 2. The third-order valence-electron chi connectivity index (χ3n) is 2.67. The maximum absolute atomic E-state index is 11.7. The smallest absolute Gasteiger partial charge is 0.286 e. The van der Waals surface area contributed by atoms with Gasteiger partial charge in [-0.05, 0) is 0 Å². The maximum atomic E-state index is 11.7. The number of carbonyl (C=O) groups excluding carboxylic acids is 2. The van der Waals surface area contributed by atoms with E-state index in [1.54, 1.807) is 9.80 Å². The average Bonchev–Trinajstić information content (AvgIpc) is 2.31. The number of thioether (sulfide) groups is 2. The van der Waals surface area contributed by atoms with Gasteiger partial charge in [0.05, 0.1) is 9.98 Å². The molecule has 2 aliphatic rings. The molecule has 0 spiro atoms. The summed E-state index contributed by atoms with van der Waals surface area (Å²) in [5.74, 6) is 1.51. The molecule has 0 aromatic rings. The summed E-state index contributed by atoms with van der Waals surface area (Å²) in [6.45, 7) is 0.883. The zero-order valence-electron chi connectivity index (χ0n) is 9.59. The van der Waals surface area contributed by atoms with Crippen molar-refractivity contribution in [3.05, 3.63) is 0 Å². The van der Waals surface area contributed by atoms with Gasteiger partial charge in [0, 0.05) is 37.4 Å². The lowest BCUT2D eigenvalue weighted by Gasteiger charge is -2.31. The van der Waals surface area contributed by atoms with E-state index in [2.05, 4.69) is 0 Å². The van der Waals surface area contributed by atoms with Crippen LogP contribution in [0.4, 0.5) is 9.59 Å². The first-order chi connectivity index (χ1) is 8.59. The van der Waals surface area contributed by atoms with Gasteiger partial charge in [0.2, 0.25) is 0 Å². The number of hydrogen-bond acceptors (Lipinski definition) is 6. The van der Waals surface area contributed by atoms with E-state index in [0.29, 0.717) is 23.1 Å². The summed E-state index contributed by atoms with van der Waals surface area (Å²) >= 11 is 12.9. The number of nitrogens with zero attached hydrogens (tertiary/aromatic N) is 2. The van der Waals surface area contributed by atoms with Gasteiger partial charge in [0.25, 0.3) is 10.5 Å². The van der Waals surface area contributed by atoms with E-state index in [-0.39, 0.29) is 10.5 Å². The van der Waals surface area contributed by atoms with Gasteiger partial charge in [-0.2, -0.15) is 0 Å². The Hall–Kier alpha value is -0.180. The second-order valence-electron chi connectivity index (χ2n) is 3.82. The lowest BCUT2D eigenvalue weighted by atomic mass is 10.3. The van der Waals surface area contributed by atoms with Crippen LogP contribution in [-0.4, -0.2) is 54.9 Å². The van der Waals surface area contributed by atoms with Crippen LogP contribution in [-0.2, 0) is 0 Å². The maximum Gasteiger partial charge on any atom is 0.286 e. The van der Waals surface area contributed by atoms with E-state index in [9.17, 15) is 9.59 Å². The minimum atomic E-state index is -0.0192. The molecular weight excluding hydrogens is 308 g/mol. The molecular formula is C10H12N2O2S4. The Labute approximate surface area is 125 Å². The van der Waals surface area contributed by atoms with Crippen molar-refractivity contribution in [2.45, 2.75) is 12.8 Å². The van der Waals surface area contributed by atoms with Crippen molar-refractivity contribution in [2.24, 2.45) is 0 Å². The normalized spacial score (nSPS) is 21.8. The van der Waals surface area contributed by atoms with Crippen LogP contribution in [0.1, 0.15) is 12.8 Å². The van der Waals surface area contributed by atoms with Crippen molar-refractivity contribution in [3.63, 3.8) is 0 Å². The van der Waals surface area contributed by atoms with Crippen LogP contribution in [0, 0.1) is 0 Å². The molecule has 0 saturated carbocycles. The van der Waals surface area contributed by atoms with Crippen LogP contribution in [0.3, 0.4) is 0 Å². The quantitative estimate of drug-likeness (QED) is 0.745. The molecule has 2 amide bonds. The first-order valence-corrected chi connectivity index (χ1v) is 8.32. The Morgan fingerprint density at radius 1 is 0.889 bits per heavy atom. The van der Waals surface area contributed by atoms with Crippen molar-refractivity contribution >= 4 is 68.4 Å². The van der Waals surface area contributed by atoms with E-state index < -0.39 is 0 Å². The zero-order chi connectivity index (χ0) is 13.1. The Bertz CT molecular complexity index is 343. The second-order valence-corrected chi connectivity index (χ2v) is 6.85. The van der Waals surface area contributed by atoms with Gasteiger partial charge >= 0.3 is 0 Å². The molecule has 0 atom stereocenters. The van der Waals surface area contributed by atoms with E-state index in [1.165, 1.54) is 23.5 Å². The molecule has 0 unspecified atom stereocenters. The minimum Gasteiger partial charge on any atom is -0.295 e. The Balaban J connectivity index is 1.93. The van der Waals surface area contributed by atoms with Crippen LogP contribution in [0.15, 0.2) is 0 Å². The fourth-order valence-corrected chi connectivity index (χ4v) is 4.29. The number of thiocarbonyl (C=S) groups is 2. The van der Waals surface area contributed by atoms with Crippen LogP contribution in [0.25, 0.3) is 0 Å². The molecule has 4 nitrogen and oxygen atoms in total. The highest BCUT2D eigenvalue weighted by Gasteiger charge is 2.27. The molecule has 98 valence electrons. The molecule has 0 aromatic heterocycles. The van der Waals surface area contributed by atoms with Gasteiger partial charge < -0.3 is 0 Å². The third-order valence-corrected chi connectivity index (χ3v) is 5.27. The SMILES string of the molecule is O=C1SCCC(=S)N1CCN1C(=O)SCCC1=S. The van der Waals surface area contributed by atoms with Crippen LogP contribution in [0.5, 0.6) is 0 Å². The van der Waals surface area contributed by atoms with Crippen molar-refractivity contribution in [3.8, 4) is 0 Å². The molecule has 8 heteroatoms. The van der Waals surface area contributed by atoms with E-state index in [1.807, 2.05) is 0 Å². The summed E-state index contributed by atoms with van der Waals surface area (Å²) in [5.41, 5.74) is 0. The highest BCUT2D eigenvalue weighted by molar-refractivity contribution is 8.14. The first-order valence-electron chi connectivity index (χ1n) is 5.54. The predicted molar refractivity (Wildman–Crippen MR) is 83.6 cm³/mol. The molecule has 2 heterocycles. The Kier molecular flexibility index (Phi) is 4.99. The largest absolute Gasteiger partial charge is 0.295 e. The average molecular weight is 320 g/mol. The monoisotopic (exact) mass is 320 g/mol. The first kappa shape index (κ1) is 14.2. The molecule has 18 heavy (non-hydrogen) atoms. The standard InChI is InChI=1S/C10H12N2O2S4/c13-9-11(7(15)1-5-17-9)3-4-12-8(16)2-6-18-10(12)14/h1-6H2. The molecule has 0 N–H and O–H groups in total. The third kappa shape index (κ3) is 3.23. The topological polar surface area (TPSA) is 40.6 Å². The molecule has 2 aliphatic heterocycles. The molecule has 0 aromatic carbocycles. The molecule has 2 rings (SSSR count). The number of carbonyl (C=O) groups is 2. The van der Waals surface area contributed by atoms with Crippen LogP contribution >= 0.6 is 48.0 Å². The summed E-state index contributed by atoms with van der Waals surface area (Å²) in [6.07, 6.45) is 1.50. The molecule has 2 saturated heterocycles. The van der Waals surface area contributed by atoms with Crippen LogP contribution in [0.2, 0.25) is 0 Å². The lowest BCUT2D eigenvalue weighted by molar-refractivity contribution is 0.232. The van der Waals surface area contributed by atoms with E-state index in [0.717, 1.165) is 24.3 Å².